The first-order valence-corrected chi connectivity index (χ1v) is 18.9. The number of carbonyl (C=O) groups is 2. The molecule has 0 saturated heterocycles. The Labute approximate surface area is 283 Å². The summed E-state index contributed by atoms with van der Waals surface area (Å²) in [6.07, 6.45) is 12.9. The van der Waals surface area contributed by atoms with Crippen LogP contribution in [0.4, 0.5) is 0 Å². The largest absolute Gasteiger partial charge is 0.465 e. The molecule has 254 valence electrons. The van der Waals surface area contributed by atoms with Crippen molar-refractivity contribution in [2.24, 2.45) is 56.7 Å². The minimum Gasteiger partial charge on any atom is -0.465 e. The van der Waals surface area contributed by atoms with Crippen LogP contribution in [0.25, 0.3) is 5.57 Å². The first-order valence-electron chi connectivity index (χ1n) is 18.0. The van der Waals surface area contributed by atoms with Crippen LogP contribution < -0.4 is 5.32 Å². The van der Waals surface area contributed by atoms with Gasteiger partial charge in [0.1, 0.15) is 4.88 Å². The van der Waals surface area contributed by atoms with Gasteiger partial charge in [-0.3, -0.25) is 4.79 Å². The molecule has 1 N–H and O–H groups in total. The molecule has 5 nitrogen and oxygen atoms in total. The van der Waals surface area contributed by atoms with Crippen molar-refractivity contribution in [3.8, 4) is 0 Å². The number of allylic oxidation sites excluding steroid dienone is 3. The number of thiophene rings is 1. The van der Waals surface area contributed by atoms with E-state index in [2.05, 4.69) is 84.6 Å². The predicted molar refractivity (Wildman–Crippen MR) is 190 cm³/mol. The third-order valence-electron chi connectivity index (χ3n) is 15.2. The van der Waals surface area contributed by atoms with Gasteiger partial charge < -0.3 is 15.0 Å². The summed E-state index contributed by atoms with van der Waals surface area (Å²) in [7, 11) is 5.62. The maximum Gasteiger partial charge on any atom is 0.348 e. The summed E-state index contributed by atoms with van der Waals surface area (Å²) in [6, 6.07) is 4.07. The van der Waals surface area contributed by atoms with Crippen molar-refractivity contribution in [1.82, 2.24) is 10.2 Å². The van der Waals surface area contributed by atoms with Gasteiger partial charge in [-0.05, 0) is 148 Å². The average molecular weight is 649 g/mol. The predicted octanol–water partition coefficient (Wildman–Crippen LogP) is 8.86. The standard InChI is InChI=1S/C40H60N2O3S/c1-25(2)26-15-20-40(35(44)41-23-24-42(8)9)22-21-38(6)28(33(26)40)11-14-32-37(5)18-16-27(29-12-13-30(46-29)34(43)45-10)36(3,4)31(37)17-19-39(32,38)7/h12-13,16,26,28,31-33H,1,11,14-15,17-24H2,2-10H3,(H,41,44)/t26-,28?,31-,32+,33+,37-,38+,39?,40-/m0/s1. The number of likely N-dealkylation sites (N-methyl/N-ethyl adjacent to an activating group) is 1. The average Bonchev–Trinajstić information content (AvgIpc) is 3.63. The molecule has 6 heteroatoms. The van der Waals surface area contributed by atoms with E-state index in [4.69, 9.17) is 4.74 Å². The van der Waals surface area contributed by atoms with Crippen molar-refractivity contribution in [2.75, 3.05) is 34.3 Å². The number of nitrogens with zero attached hydrogens (tertiary/aromatic N) is 1. The molecule has 0 aromatic carbocycles. The normalized spacial score (nSPS) is 41.0. The van der Waals surface area contributed by atoms with E-state index in [1.165, 1.54) is 48.8 Å². The minimum atomic E-state index is -0.251. The van der Waals surface area contributed by atoms with Gasteiger partial charge in [-0.2, -0.15) is 0 Å². The Morgan fingerprint density at radius 1 is 0.978 bits per heavy atom. The van der Waals surface area contributed by atoms with Crippen LogP contribution >= 0.6 is 11.3 Å². The van der Waals surface area contributed by atoms with Gasteiger partial charge in [0.2, 0.25) is 5.91 Å². The Hall–Kier alpha value is -1.92. The Balaban J connectivity index is 1.33. The van der Waals surface area contributed by atoms with Crippen LogP contribution in [0, 0.1) is 56.7 Å². The van der Waals surface area contributed by atoms with Crippen molar-refractivity contribution >= 4 is 28.8 Å². The fourth-order valence-corrected chi connectivity index (χ4v) is 14.0. The molecule has 0 aliphatic heterocycles. The summed E-state index contributed by atoms with van der Waals surface area (Å²) in [5.41, 5.74) is 3.13. The van der Waals surface area contributed by atoms with Crippen LogP contribution in [0.1, 0.15) is 114 Å². The Bertz CT molecular complexity index is 1420. The molecule has 1 heterocycles. The molecular formula is C40H60N2O3S. The summed E-state index contributed by atoms with van der Waals surface area (Å²) in [6.45, 7) is 21.2. The number of esters is 1. The van der Waals surface area contributed by atoms with Crippen LogP contribution in [0.2, 0.25) is 0 Å². The second-order valence-electron chi connectivity index (χ2n) is 17.6. The maximum absolute atomic E-state index is 14.2. The third-order valence-corrected chi connectivity index (χ3v) is 16.3. The Morgan fingerprint density at radius 2 is 1.72 bits per heavy atom. The molecule has 0 radical (unpaired) electrons. The Morgan fingerprint density at radius 3 is 2.39 bits per heavy atom. The third kappa shape index (κ3) is 4.76. The molecule has 2 unspecified atom stereocenters. The molecule has 9 atom stereocenters. The molecule has 1 aromatic heterocycles. The first kappa shape index (κ1) is 34.0. The Kier molecular flexibility index (Phi) is 8.57. The number of methoxy groups -OCH3 is 1. The fraction of sp³-hybridized carbons (Fsp3) is 0.750. The first-order chi connectivity index (χ1) is 21.6. The number of fused-ring (bicyclic) bond motifs is 7. The number of hydrogen-bond acceptors (Lipinski definition) is 5. The number of amides is 1. The molecule has 4 saturated carbocycles. The van der Waals surface area contributed by atoms with Crippen LogP contribution in [-0.2, 0) is 9.53 Å². The molecule has 46 heavy (non-hydrogen) atoms. The van der Waals surface area contributed by atoms with Gasteiger partial charge in [0, 0.05) is 18.0 Å². The fourth-order valence-electron chi connectivity index (χ4n) is 12.8. The monoisotopic (exact) mass is 648 g/mol. The summed E-state index contributed by atoms with van der Waals surface area (Å²) in [4.78, 5) is 30.6. The molecular weight excluding hydrogens is 589 g/mol. The topological polar surface area (TPSA) is 58.6 Å². The number of ether oxygens (including phenoxy) is 1. The molecule has 1 aromatic rings. The van der Waals surface area contributed by atoms with Crippen molar-refractivity contribution in [2.45, 2.75) is 99.3 Å². The van der Waals surface area contributed by atoms with Crippen molar-refractivity contribution in [1.29, 1.82) is 0 Å². The van der Waals surface area contributed by atoms with E-state index in [0.717, 1.165) is 45.2 Å². The summed E-state index contributed by atoms with van der Waals surface area (Å²) in [5, 5.41) is 3.42. The quantitative estimate of drug-likeness (QED) is 0.237. The summed E-state index contributed by atoms with van der Waals surface area (Å²) >= 11 is 1.58. The molecule has 5 aliphatic carbocycles. The van der Waals surface area contributed by atoms with Gasteiger partial charge in [0.25, 0.3) is 0 Å². The van der Waals surface area contributed by atoms with Crippen LogP contribution in [-0.4, -0.2) is 51.1 Å². The lowest BCUT2D eigenvalue weighted by Crippen LogP contribution is -2.66. The van der Waals surface area contributed by atoms with Gasteiger partial charge in [-0.15, -0.1) is 11.3 Å². The molecule has 6 rings (SSSR count). The number of carbonyl (C=O) groups excluding carboxylic acids is 2. The smallest absolute Gasteiger partial charge is 0.348 e. The van der Waals surface area contributed by atoms with Crippen molar-refractivity contribution < 1.29 is 14.3 Å². The van der Waals surface area contributed by atoms with Crippen LogP contribution in [0.5, 0.6) is 0 Å². The van der Waals surface area contributed by atoms with E-state index < -0.39 is 0 Å². The van der Waals surface area contributed by atoms with E-state index in [1.54, 1.807) is 11.3 Å². The highest BCUT2D eigenvalue weighted by Crippen LogP contribution is 2.77. The van der Waals surface area contributed by atoms with Gasteiger partial charge in [0.05, 0.1) is 12.5 Å². The highest BCUT2D eigenvalue weighted by atomic mass is 32.1. The maximum atomic E-state index is 14.2. The number of rotatable bonds is 7. The zero-order chi connectivity index (χ0) is 33.4. The summed E-state index contributed by atoms with van der Waals surface area (Å²) in [5.74, 6) is 2.70. The molecule has 1 amide bonds. The van der Waals surface area contributed by atoms with Crippen LogP contribution in [0.15, 0.2) is 30.4 Å². The zero-order valence-electron chi connectivity index (χ0n) is 30.2. The second kappa shape index (κ2) is 11.6. The highest BCUT2D eigenvalue weighted by Gasteiger charge is 2.71. The van der Waals surface area contributed by atoms with Crippen molar-refractivity contribution in [3.05, 3.63) is 40.1 Å². The minimum absolute atomic E-state index is 0.0210. The van der Waals surface area contributed by atoms with E-state index in [0.29, 0.717) is 40.4 Å². The second-order valence-corrected chi connectivity index (χ2v) is 18.7. The van der Waals surface area contributed by atoms with Gasteiger partial charge in [-0.25, -0.2) is 4.79 Å². The van der Waals surface area contributed by atoms with E-state index in [9.17, 15) is 9.59 Å². The van der Waals surface area contributed by atoms with Crippen molar-refractivity contribution in [3.63, 3.8) is 0 Å². The van der Waals surface area contributed by atoms with E-state index in [1.807, 2.05) is 6.07 Å². The lowest BCUT2D eigenvalue weighted by atomic mass is 9.32. The van der Waals surface area contributed by atoms with E-state index in [-0.39, 0.29) is 33.0 Å². The van der Waals surface area contributed by atoms with Gasteiger partial charge in [0.15, 0.2) is 0 Å². The summed E-state index contributed by atoms with van der Waals surface area (Å²) < 4.78 is 5.03. The lowest BCUT2D eigenvalue weighted by Gasteiger charge is -2.72. The van der Waals surface area contributed by atoms with E-state index >= 15 is 0 Å². The molecule has 0 spiro atoms. The lowest BCUT2D eigenvalue weighted by molar-refractivity contribution is -0.225. The zero-order valence-corrected chi connectivity index (χ0v) is 31.0. The van der Waals surface area contributed by atoms with Crippen LogP contribution in [0.3, 0.4) is 0 Å². The highest BCUT2D eigenvalue weighted by molar-refractivity contribution is 7.15. The van der Waals surface area contributed by atoms with Gasteiger partial charge >= 0.3 is 5.97 Å². The molecule has 0 bridgehead atoms. The number of nitrogens with one attached hydrogen (secondary N) is 1. The number of hydrogen-bond donors (Lipinski definition) is 1. The molecule has 5 aliphatic rings. The SMILES string of the molecule is C=C(C)[C@@H]1CC[C@]2(C(=O)NCCN(C)C)CC[C@]3(C)C(CC[C@H]4C3(C)CC[C@H]3C(C)(C)C(c5ccc(C(=O)OC)s5)=CC[C@@]34C)[C@@H]12. The van der Waals surface area contributed by atoms with Gasteiger partial charge in [-0.1, -0.05) is 52.8 Å². The molecule has 4 fully saturated rings.